The number of aromatic nitrogens is 3. The van der Waals surface area contributed by atoms with Crippen molar-refractivity contribution in [1.82, 2.24) is 14.8 Å². The molecular formula is C21H17N3O3S. The monoisotopic (exact) mass is 391 g/mol. The number of benzene rings is 2. The molecule has 0 unspecified atom stereocenters. The summed E-state index contributed by atoms with van der Waals surface area (Å²) >= 11 is 1.63. The molecule has 2 aromatic carbocycles. The number of hydrogen-bond acceptors (Lipinski definition) is 6. The molecule has 1 aliphatic rings. The number of nitrogens with zero attached hydrogens (tertiary/aromatic N) is 3. The van der Waals surface area contributed by atoms with Gasteiger partial charge >= 0.3 is 0 Å². The highest BCUT2D eigenvalue weighted by molar-refractivity contribution is 7.98. The Morgan fingerprint density at radius 3 is 2.64 bits per heavy atom. The molecule has 0 spiro atoms. The van der Waals surface area contributed by atoms with Gasteiger partial charge in [-0.15, -0.1) is 10.2 Å². The largest absolute Gasteiger partial charge is 0.461 e. The molecule has 0 atom stereocenters. The third-order valence-corrected chi connectivity index (χ3v) is 5.48. The molecule has 0 fully saturated rings. The molecule has 1 aliphatic heterocycles. The second-order valence-electron chi connectivity index (χ2n) is 6.33. The summed E-state index contributed by atoms with van der Waals surface area (Å²) in [6, 6.07) is 20.0. The molecule has 0 amide bonds. The fourth-order valence-electron chi connectivity index (χ4n) is 3.07. The van der Waals surface area contributed by atoms with E-state index in [1.165, 1.54) is 5.56 Å². The smallest absolute Gasteiger partial charge is 0.231 e. The van der Waals surface area contributed by atoms with E-state index in [1.807, 2.05) is 48.5 Å². The van der Waals surface area contributed by atoms with Crippen LogP contribution in [0.3, 0.4) is 0 Å². The van der Waals surface area contributed by atoms with E-state index in [2.05, 4.69) is 26.9 Å². The summed E-state index contributed by atoms with van der Waals surface area (Å²) < 4.78 is 18.5. The summed E-state index contributed by atoms with van der Waals surface area (Å²) in [5.74, 6) is 3.77. The van der Waals surface area contributed by atoms with Crippen LogP contribution in [-0.4, -0.2) is 21.6 Å². The number of hydrogen-bond donors (Lipinski definition) is 0. The summed E-state index contributed by atoms with van der Waals surface area (Å²) in [4.78, 5) is 0. The average molecular weight is 391 g/mol. The first kappa shape index (κ1) is 16.9. The van der Waals surface area contributed by atoms with E-state index in [-0.39, 0.29) is 6.79 Å². The molecule has 6 nitrogen and oxygen atoms in total. The topological polar surface area (TPSA) is 62.3 Å². The molecule has 0 radical (unpaired) electrons. The van der Waals surface area contributed by atoms with Crippen molar-refractivity contribution in [1.29, 1.82) is 0 Å². The highest BCUT2D eigenvalue weighted by Crippen LogP contribution is 2.34. The van der Waals surface area contributed by atoms with E-state index in [4.69, 9.17) is 13.9 Å². The lowest BCUT2D eigenvalue weighted by molar-refractivity contribution is 0.174. The van der Waals surface area contributed by atoms with E-state index >= 15 is 0 Å². The average Bonchev–Trinajstić information content (AvgIpc) is 3.48. The van der Waals surface area contributed by atoms with Gasteiger partial charge in [0.1, 0.15) is 0 Å². The number of thioether (sulfide) groups is 1. The zero-order valence-corrected chi connectivity index (χ0v) is 15.8. The fourth-order valence-corrected chi connectivity index (χ4v) is 3.95. The second kappa shape index (κ2) is 7.44. The number of furan rings is 1. The molecule has 0 N–H and O–H groups in total. The van der Waals surface area contributed by atoms with Crippen molar-refractivity contribution in [3.63, 3.8) is 0 Å². The molecule has 3 heterocycles. The molecule has 0 aliphatic carbocycles. The Labute approximate surface area is 166 Å². The molecule has 28 heavy (non-hydrogen) atoms. The van der Waals surface area contributed by atoms with Gasteiger partial charge in [0.2, 0.25) is 12.6 Å². The summed E-state index contributed by atoms with van der Waals surface area (Å²) in [6.45, 7) is 0.956. The van der Waals surface area contributed by atoms with Crippen molar-refractivity contribution < 1.29 is 13.9 Å². The van der Waals surface area contributed by atoms with Crippen molar-refractivity contribution in [2.24, 2.45) is 0 Å². The Kier molecular flexibility index (Phi) is 4.50. The van der Waals surface area contributed by atoms with Crippen LogP contribution in [0, 0.1) is 0 Å². The molecule has 140 valence electrons. The predicted molar refractivity (Wildman–Crippen MR) is 105 cm³/mol. The molecular weight excluding hydrogens is 374 g/mol. The number of rotatable bonds is 6. The van der Waals surface area contributed by atoms with Gasteiger partial charge < -0.3 is 13.9 Å². The fraction of sp³-hybridized carbons (Fsp3) is 0.143. The van der Waals surface area contributed by atoms with Crippen molar-refractivity contribution >= 4 is 11.8 Å². The van der Waals surface area contributed by atoms with Crippen LogP contribution in [0.1, 0.15) is 11.1 Å². The van der Waals surface area contributed by atoms with Crippen molar-refractivity contribution in [2.75, 3.05) is 6.79 Å². The molecule has 0 saturated carbocycles. The van der Waals surface area contributed by atoms with Crippen LogP contribution in [0.5, 0.6) is 11.5 Å². The maximum atomic E-state index is 5.56. The lowest BCUT2D eigenvalue weighted by atomic mass is 10.2. The van der Waals surface area contributed by atoms with Gasteiger partial charge in [-0.05, 0) is 35.4 Å². The van der Waals surface area contributed by atoms with E-state index in [1.54, 1.807) is 18.0 Å². The molecule has 0 saturated heterocycles. The number of ether oxygens (including phenoxy) is 2. The highest BCUT2D eigenvalue weighted by Gasteiger charge is 2.18. The third-order valence-electron chi connectivity index (χ3n) is 4.45. The molecule has 2 aromatic heterocycles. The van der Waals surface area contributed by atoms with E-state index in [9.17, 15) is 0 Å². The SMILES string of the molecule is c1ccc(Cn2c(SCc3ccc4c(c3)OCO4)nnc2-c2ccco2)cc1. The summed E-state index contributed by atoms with van der Waals surface area (Å²) in [5, 5.41) is 9.64. The van der Waals surface area contributed by atoms with Crippen LogP contribution in [0.4, 0.5) is 0 Å². The summed E-state index contributed by atoms with van der Waals surface area (Å²) in [7, 11) is 0. The Morgan fingerprint density at radius 2 is 1.79 bits per heavy atom. The minimum Gasteiger partial charge on any atom is -0.461 e. The highest BCUT2D eigenvalue weighted by atomic mass is 32.2. The normalized spacial score (nSPS) is 12.4. The van der Waals surface area contributed by atoms with Crippen molar-refractivity contribution in [3.8, 4) is 23.1 Å². The van der Waals surface area contributed by atoms with E-state index in [0.29, 0.717) is 12.3 Å². The van der Waals surface area contributed by atoms with Crippen LogP contribution in [0.15, 0.2) is 76.5 Å². The van der Waals surface area contributed by atoms with Gasteiger partial charge in [0.25, 0.3) is 0 Å². The third kappa shape index (κ3) is 3.36. The van der Waals surface area contributed by atoms with Gasteiger partial charge in [-0.1, -0.05) is 48.2 Å². The first-order valence-electron chi connectivity index (χ1n) is 8.89. The van der Waals surface area contributed by atoms with Crippen LogP contribution < -0.4 is 9.47 Å². The van der Waals surface area contributed by atoms with Gasteiger partial charge in [0.15, 0.2) is 22.4 Å². The molecule has 4 aromatic rings. The van der Waals surface area contributed by atoms with E-state index in [0.717, 1.165) is 33.8 Å². The van der Waals surface area contributed by atoms with Crippen LogP contribution >= 0.6 is 11.8 Å². The standard InChI is InChI=1S/C21H17N3O3S/c1-2-5-15(6-3-1)12-24-20(18-7-4-10-25-18)22-23-21(24)28-13-16-8-9-17-19(11-16)27-14-26-17/h1-11H,12-14H2. The van der Waals surface area contributed by atoms with Gasteiger partial charge in [0, 0.05) is 5.75 Å². The quantitative estimate of drug-likeness (QED) is 0.448. The minimum absolute atomic E-state index is 0.282. The molecule has 0 bridgehead atoms. The second-order valence-corrected chi connectivity index (χ2v) is 7.27. The Morgan fingerprint density at radius 1 is 0.893 bits per heavy atom. The molecule has 5 rings (SSSR count). The summed E-state index contributed by atoms with van der Waals surface area (Å²) in [6.07, 6.45) is 1.65. The van der Waals surface area contributed by atoms with Crippen LogP contribution in [0.25, 0.3) is 11.6 Å². The first-order valence-corrected chi connectivity index (χ1v) is 9.88. The Bertz CT molecular complexity index is 1080. The maximum absolute atomic E-state index is 5.56. The maximum Gasteiger partial charge on any atom is 0.231 e. The van der Waals surface area contributed by atoms with Gasteiger partial charge in [-0.2, -0.15) is 0 Å². The van der Waals surface area contributed by atoms with Crippen LogP contribution in [0.2, 0.25) is 0 Å². The summed E-state index contributed by atoms with van der Waals surface area (Å²) in [5.41, 5.74) is 2.32. The van der Waals surface area contributed by atoms with Crippen molar-refractivity contribution in [2.45, 2.75) is 17.5 Å². The molecule has 7 heteroatoms. The first-order chi connectivity index (χ1) is 13.9. The van der Waals surface area contributed by atoms with E-state index < -0.39 is 0 Å². The van der Waals surface area contributed by atoms with Crippen molar-refractivity contribution in [3.05, 3.63) is 78.1 Å². The van der Waals surface area contributed by atoms with Gasteiger partial charge in [0.05, 0.1) is 12.8 Å². The van der Waals surface area contributed by atoms with Gasteiger partial charge in [-0.25, -0.2) is 0 Å². The lowest BCUT2D eigenvalue weighted by Crippen LogP contribution is -2.03. The van der Waals surface area contributed by atoms with Crippen LogP contribution in [-0.2, 0) is 12.3 Å². The Balaban J connectivity index is 1.42. The zero-order valence-electron chi connectivity index (χ0n) is 14.9. The van der Waals surface area contributed by atoms with Gasteiger partial charge in [-0.3, -0.25) is 4.57 Å². The number of fused-ring (bicyclic) bond motifs is 1. The lowest BCUT2D eigenvalue weighted by Gasteiger charge is -2.09. The zero-order chi connectivity index (χ0) is 18.8. The minimum atomic E-state index is 0.282. The Hall–Kier alpha value is -3.19. The predicted octanol–water partition coefficient (Wildman–Crippen LogP) is 4.61.